The smallest absolute Gasteiger partial charge is 0.295 e. The molecule has 4 rings (SSSR count). The first-order chi connectivity index (χ1) is 18.3. The molecule has 1 N–H and O–H groups in total. The van der Waals surface area contributed by atoms with Crippen molar-refractivity contribution in [2.75, 3.05) is 32.8 Å². The largest absolute Gasteiger partial charge is 0.505 e. The molecule has 1 aromatic carbocycles. The number of aliphatic hydroxyl groups excluding tert-OH is 1. The van der Waals surface area contributed by atoms with Crippen LogP contribution in [0.2, 0.25) is 0 Å². The fourth-order valence-electron chi connectivity index (χ4n) is 5.00. The van der Waals surface area contributed by atoms with Gasteiger partial charge in [-0.05, 0) is 62.7 Å². The summed E-state index contributed by atoms with van der Waals surface area (Å²) in [7, 11) is 0. The van der Waals surface area contributed by atoms with Gasteiger partial charge < -0.3 is 24.0 Å². The fourth-order valence-corrected chi connectivity index (χ4v) is 5.00. The summed E-state index contributed by atoms with van der Waals surface area (Å²) in [6.45, 7) is 13.4. The van der Waals surface area contributed by atoms with Crippen LogP contribution in [0.5, 0.6) is 5.75 Å². The maximum atomic E-state index is 13.5. The van der Waals surface area contributed by atoms with E-state index in [1.807, 2.05) is 60.8 Å². The molecule has 1 saturated heterocycles. The highest BCUT2D eigenvalue weighted by atomic mass is 16.5. The van der Waals surface area contributed by atoms with E-state index in [2.05, 4.69) is 30.7 Å². The summed E-state index contributed by atoms with van der Waals surface area (Å²) in [5, 5.41) is 11.6. The van der Waals surface area contributed by atoms with Gasteiger partial charge in [-0.15, -0.1) is 0 Å². The number of hydrogen-bond acceptors (Lipinski definition) is 6. The minimum absolute atomic E-state index is 0.0679. The number of carbonyl (C=O) groups excluding carboxylic acids is 2. The lowest BCUT2D eigenvalue weighted by Crippen LogP contribution is -2.38. The average Bonchev–Trinajstić information content (AvgIpc) is 3.39. The molecule has 1 aliphatic heterocycles. The maximum Gasteiger partial charge on any atom is 0.295 e. The predicted octanol–water partition coefficient (Wildman–Crippen LogP) is 4.89. The Labute approximate surface area is 224 Å². The third-order valence-electron chi connectivity index (χ3n) is 7.36. The minimum Gasteiger partial charge on any atom is -0.505 e. The first-order valence-corrected chi connectivity index (χ1v) is 13.5. The molecular weight excluding hydrogens is 480 g/mol. The highest BCUT2D eigenvalue weighted by molar-refractivity contribution is 6.46. The van der Waals surface area contributed by atoms with Gasteiger partial charge in [0.05, 0.1) is 23.9 Å². The summed E-state index contributed by atoms with van der Waals surface area (Å²) in [4.78, 5) is 35.2. The molecule has 1 aliphatic rings. The molecule has 1 amide bonds. The molecule has 3 heterocycles. The van der Waals surface area contributed by atoms with Crippen LogP contribution in [-0.4, -0.2) is 68.8 Å². The molecule has 0 spiro atoms. The Morgan fingerprint density at radius 1 is 1.08 bits per heavy atom. The van der Waals surface area contributed by atoms with Crippen LogP contribution in [0.1, 0.15) is 62.2 Å². The third-order valence-corrected chi connectivity index (χ3v) is 7.36. The zero-order valence-electron chi connectivity index (χ0n) is 23.0. The molecule has 2 aromatic heterocycles. The number of aromatic nitrogens is 2. The van der Waals surface area contributed by atoms with E-state index in [0.717, 1.165) is 42.8 Å². The number of unbranched alkanes of at least 4 members (excludes halogenated alkanes) is 1. The lowest BCUT2D eigenvalue weighted by atomic mass is 9.96. The number of hydrogen-bond donors (Lipinski definition) is 1. The van der Waals surface area contributed by atoms with Crippen LogP contribution >= 0.6 is 0 Å². The van der Waals surface area contributed by atoms with Crippen LogP contribution in [0.15, 0.2) is 48.2 Å². The SMILES string of the molecule is CCCCOc1ccc(C2/C(=C(\O)c3nc4c(C)cccn4c3C)C(=O)C(=O)N2CCN(CC)CC)cc1. The van der Waals surface area contributed by atoms with Crippen LogP contribution in [0, 0.1) is 13.8 Å². The second-order valence-corrected chi connectivity index (χ2v) is 9.72. The van der Waals surface area contributed by atoms with Gasteiger partial charge in [0.15, 0.2) is 5.76 Å². The van der Waals surface area contributed by atoms with Crippen LogP contribution in [0.4, 0.5) is 0 Å². The zero-order valence-corrected chi connectivity index (χ0v) is 23.0. The Kier molecular flexibility index (Phi) is 8.52. The molecule has 8 heteroatoms. The summed E-state index contributed by atoms with van der Waals surface area (Å²) in [5.41, 5.74) is 3.47. The highest BCUT2D eigenvalue weighted by Gasteiger charge is 2.46. The number of Topliss-reactive ketones (excluding diaryl/α,β-unsaturated/α-hetero) is 1. The van der Waals surface area contributed by atoms with Gasteiger partial charge in [-0.2, -0.15) is 0 Å². The van der Waals surface area contributed by atoms with Crippen molar-refractivity contribution in [3.05, 3.63) is 70.7 Å². The number of aryl methyl sites for hydroxylation is 2. The first-order valence-electron chi connectivity index (χ1n) is 13.5. The second kappa shape index (κ2) is 11.8. The van der Waals surface area contributed by atoms with Crippen molar-refractivity contribution >= 4 is 23.1 Å². The van der Waals surface area contributed by atoms with Gasteiger partial charge in [0.1, 0.15) is 17.1 Å². The Balaban J connectivity index is 1.80. The molecule has 3 aromatic rings. The van der Waals surface area contributed by atoms with Crippen LogP contribution in [-0.2, 0) is 9.59 Å². The second-order valence-electron chi connectivity index (χ2n) is 9.72. The molecular formula is C30H38N4O4. The summed E-state index contributed by atoms with van der Waals surface area (Å²) in [5.74, 6) is -0.815. The molecule has 0 bridgehead atoms. The monoisotopic (exact) mass is 518 g/mol. The van der Waals surface area contributed by atoms with Crippen LogP contribution in [0.3, 0.4) is 0 Å². The van der Waals surface area contributed by atoms with E-state index >= 15 is 0 Å². The van der Waals surface area contributed by atoms with Crippen molar-refractivity contribution in [2.45, 2.75) is 53.5 Å². The van der Waals surface area contributed by atoms with Crippen molar-refractivity contribution in [1.29, 1.82) is 0 Å². The van der Waals surface area contributed by atoms with E-state index in [0.29, 0.717) is 36.7 Å². The van der Waals surface area contributed by atoms with E-state index in [-0.39, 0.29) is 11.3 Å². The van der Waals surface area contributed by atoms with Gasteiger partial charge in [0, 0.05) is 19.3 Å². The number of ether oxygens (including phenoxy) is 1. The Morgan fingerprint density at radius 3 is 2.42 bits per heavy atom. The summed E-state index contributed by atoms with van der Waals surface area (Å²) in [6, 6.07) is 10.6. The van der Waals surface area contributed by atoms with Crippen molar-refractivity contribution in [3.63, 3.8) is 0 Å². The number of likely N-dealkylation sites (N-methyl/N-ethyl adjacent to an activating group) is 1. The molecule has 0 radical (unpaired) electrons. The number of likely N-dealkylation sites (tertiary alicyclic amines) is 1. The molecule has 0 saturated carbocycles. The van der Waals surface area contributed by atoms with Crippen molar-refractivity contribution in [1.82, 2.24) is 19.2 Å². The topological polar surface area (TPSA) is 87.4 Å². The standard InChI is InChI=1S/C30H38N4O4/c1-6-9-19-38-23-14-12-22(13-15-23)26-24(28(36)30(37)34(26)18-17-32(7-2)8-3)27(35)25-21(5)33-16-10-11-20(4)29(33)31-25/h10-16,26,35H,6-9,17-19H2,1-5H3/b27-24+. The minimum atomic E-state index is -0.722. The van der Waals surface area contributed by atoms with Crippen LogP contribution in [0.25, 0.3) is 11.4 Å². The maximum absolute atomic E-state index is 13.5. The van der Waals surface area contributed by atoms with E-state index in [9.17, 15) is 14.7 Å². The quantitative estimate of drug-likeness (QED) is 0.168. The number of fused-ring (bicyclic) bond motifs is 1. The predicted molar refractivity (Wildman–Crippen MR) is 148 cm³/mol. The summed E-state index contributed by atoms with van der Waals surface area (Å²) >= 11 is 0. The molecule has 8 nitrogen and oxygen atoms in total. The Morgan fingerprint density at radius 2 is 1.79 bits per heavy atom. The van der Waals surface area contributed by atoms with Crippen molar-refractivity contribution in [3.8, 4) is 5.75 Å². The lowest BCUT2D eigenvalue weighted by molar-refractivity contribution is -0.140. The number of benzene rings is 1. The van der Waals surface area contributed by atoms with Gasteiger partial charge in [0.25, 0.3) is 11.7 Å². The van der Waals surface area contributed by atoms with Crippen molar-refractivity contribution in [2.24, 2.45) is 0 Å². The normalized spacial score (nSPS) is 17.2. The van der Waals surface area contributed by atoms with Gasteiger partial charge in [-0.1, -0.05) is 45.4 Å². The number of nitrogens with zero attached hydrogens (tertiary/aromatic N) is 4. The van der Waals surface area contributed by atoms with Gasteiger partial charge >= 0.3 is 0 Å². The van der Waals surface area contributed by atoms with E-state index in [4.69, 9.17) is 4.74 Å². The van der Waals surface area contributed by atoms with Gasteiger partial charge in [0.2, 0.25) is 0 Å². The number of ketones is 1. The first kappa shape index (κ1) is 27.4. The molecule has 1 fully saturated rings. The molecule has 1 atom stereocenters. The lowest BCUT2D eigenvalue weighted by Gasteiger charge is -2.28. The highest BCUT2D eigenvalue weighted by Crippen LogP contribution is 2.40. The van der Waals surface area contributed by atoms with E-state index in [1.54, 1.807) is 4.90 Å². The van der Waals surface area contributed by atoms with Crippen LogP contribution < -0.4 is 4.74 Å². The number of aliphatic hydroxyl groups is 1. The third kappa shape index (κ3) is 5.18. The Bertz CT molecular complexity index is 1340. The number of rotatable bonds is 11. The number of pyridine rings is 1. The summed E-state index contributed by atoms with van der Waals surface area (Å²) in [6.07, 6.45) is 3.88. The van der Waals surface area contributed by atoms with Gasteiger partial charge in [-0.3, -0.25) is 9.59 Å². The number of carbonyl (C=O) groups is 2. The van der Waals surface area contributed by atoms with Crippen molar-refractivity contribution < 1.29 is 19.4 Å². The van der Waals surface area contributed by atoms with Gasteiger partial charge in [-0.25, -0.2) is 4.98 Å². The fraction of sp³-hybridized carbons (Fsp3) is 0.433. The zero-order chi connectivity index (χ0) is 27.4. The van der Waals surface area contributed by atoms with E-state index in [1.165, 1.54) is 0 Å². The average molecular weight is 519 g/mol. The summed E-state index contributed by atoms with van der Waals surface area (Å²) < 4.78 is 7.70. The number of amides is 1. The molecule has 202 valence electrons. The molecule has 1 unspecified atom stereocenters. The molecule has 38 heavy (non-hydrogen) atoms. The van der Waals surface area contributed by atoms with E-state index < -0.39 is 17.7 Å². The molecule has 0 aliphatic carbocycles. The Hall–Kier alpha value is -3.65. The number of imidazole rings is 1.